The lowest BCUT2D eigenvalue weighted by atomic mass is 9.92. The Morgan fingerprint density at radius 1 is 1.22 bits per heavy atom. The first kappa shape index (κ1) is 15.7. The van der Waals surface area contributed by atoms with Gasteiger partial charge in [0.1, 0.15) is 12.1 Å². The van der Waals surface area contributed by atoms with Gasteiger partial charge in [-0.05, 0) is 36.5 Å². The standard InChI is InChI=1S/C18H24N4O/c1-18(2,3)11-16(23)21-13-6-7-15-14(10-13)17(20-12-19-15)22-8-4-5-9-22/h6-7,10,12H,4-5,8-9,11H2,1-3H3,(H,21,23). The molecule has 1 N–H and O–H groups in total. The fourth-order valence-electron chi connectivity index (χ4n) is 2.99. The Labute approximate surface area is 137 Å². The van der Waals surface area contributed by atoms with E-state index in [1.807, 2.05) is 18.2 Å². The van der Waals surface area contributed by atoms with Gasteiger partial charge in [0.15, 0.2) is 0 Å². The highest BCUT2D eigenvalue weighted by Crippen LogP contribution is 2.28. The minimum Gasteiger partial charge on any atom is -0.356 e. The van der Waals surface area contributed by atoms with E-state index in [1.54, 1.807) is 6.33 Å². The molecule has 23 heavy (non-hydrogen) atoms. The highest BCUT2D eigenvalue weighted by Gasteiger charge is 2.18. The van der Waals surface area contributed by atoms with Crippen LogP contribution in [0.1, 0.15) is 40.0 Å². The minimum absolute atomic E-state index is 0.0231. The van der Waals surface area contributed by atoms with E-state index in [2.05, 4.69) is 41.0 Å². The molecule has 1 fully saturated rings. The van der Waals surface area contributed by atoms with Crippen molar-refractivity contribution in [2.75, 3.05) is 23.3 Å². The SMILES string of the molecule is CC(C)(C)CC(=O)Nc1ccc2ncnc(N3CCCC3)c2c1. The lowest BCUT2D eigenvalue weighted by Crippen LogP contribution is -2.20. The number of anilines is 2. The summed E-state index contributed by atoms with van der Waals surface area (Å²) in [4.78, 5) is 23.3. The summed E-state index contributed by atoms with van der Waals surface area (Å²) >= 11 is 0. The molecular weight excluding hydrogens is 288 g/mol. The molecule has 1 aliphatic rings. The van der Waals surface area contributed by atoms with E-state index in [1.165, 1.54) is 12.8 Å². The second-order valence-electron chi connectivity index (χ2n) is 7.41. The number of rotatable bonds is 3. The van der Waals surface area contributed by atoms with E-state index < -0.39 is 0 Å². The number of amides is 1. The zero-order valence-corrected chi connectivity index (χ0v) is 14.1. The van der Waals surface area contributed by atoms with Crippen molar-refractivity contribution in [2.45, 2.75) is 40.0 Å². The van der Waals surface area contributed by atoms with Gasteiger partial charge in [0, 0.05) is 30.6 Å². The van der Waals surface area contributed by atoms with E-state index in [4.69, 9.17) is 0 Å². The molecule has 2 heterocycles. The smallest absolute Gasteiger partial charge is 0.224 e. The maximum absolute atomic E-state index is 12.2. The van der Waals surface area contributed by atoms with Gasteiger partial charge in [-0.2, -0.15) is 0 Å². The summed E-state index contributed by atoms with van der Waals surface area (Å²) in [6.45, 7) is 8.25. The van der Waals surface area contributed by atoms with E-state index >= 15 is 0 Å². The number of benzene rings is 1. The van der Waals surface area contributed by atoms with Crippen LogP contribution < -0.4 is 10.2 Å². The quantitative estimate of drug-likeness (QED) is 0.940. The zero-order chi connectivity index (χ0) is 16.4. The molecule has 0 saturated carbocycles. The Bertz CT molecular complexity index is 715. The lowest BCUT2D eigenvalue weighted by molar-refractivity contribution is -0.117. The average Bonchev–Trinajstić information content (AvgIpc) is 2.98. The maximum Gasteiger partial charge on any atom is 0.224 e. The highest BCUT2D eigenvalue weighted by atomic mass is 16.1. The summed E-state index contributed by atoms with van der Waals surface area (Å²) in [5.41, 5.74) is 1.70. The van der Waals surface area contributed by atoms with Crippen LogP contribution in [0.25, 0.3) is 10.9 Å². The Balaban J connectivity index is 1.88. The van der Waals surface area contributed by atoms with Crippen molar-refractivity contribution in [3.63, 3.8) is 0 Å². The molecule has 1 aromatic heterocycles. The summed E-state index contributed by atoms with van der Waals surface area (Å²) in [6.07, 6.45) is 4.52. The third kappa shape index (κ3) is 3.78. The number of aromatic nitrogens is 2. The largest absolute Gasteiger partial charge is 0.356 e. The topological polar surface area (TPSA) is 58.1 Å². The van der Waals surface area contributed by atoms with Crippen LogP contribution in [-0.2, 0) is 4.79 Å². The van der Waals surface area contributed by atoms with Gasteiger partial charge in [-0.3, -0.25) is 4.79 Å². The maximum atomic E-state index is 12.2. The van der Waals surface area contributed by atoms with Crippen LogP contribution in [0.5, 0.6) is 0 Å². The Kier molecular flexibility index (Phi) is 4.20. The van der Waals surface area contributed by atoms with E-state index in [-0.39, 0.29) is 11.3 Å². The monoisotopic (exact) mass is 312 g/mol. The highest BCUT2D eigenvalue weighted by molar-refractivity contribution is 5.97. The van der Waals surface area contributed by atoms with Crippen molar-refractivity contribution in [1.82, 2.24) is 9.97 Å². The van der Waals surface area contributed by atoms with Gasteiger partial charge in [-0.15, -0.1) is 0 Å². The summed E-state index contributed by atoms with van der Waals surface area (Å²) in [7, 11) is 0. The molecule has 0 radical (unpaired) electrons. The molecule has 5 heteroatoms. The van der Waals surface area contributed by atoms with Crippen LogP contribution in [0.15, 0.2) is 24.5 Å². The van der Waals surface area contributed by atoms with Crippen LogP contribution in [0.4, 0.5) is 11.5 Å². The Hall–Kier alpha value is -2.17. The number of fused-ring (bicyclic) bond motifs is 1. The van der Waals surface area contributed by atoms with Crippen molar-refractivity contribution in [1.29, 1.82) is 0 Å². The lowest BCUT2D eigenvalue weighted by Gasteiger charge is -2.19. The summed E-state index contributed by atoms with van der Waals surface area (Å²) in [6, 6.07) is 5.84. The minimum atomic E-state index is -0.0231. The molecule has 0 spiro atoms. The molecule has 0 bridgehead atoms. The molecule has 0 unspecified atom stereocenters. The van der Waals surface area contributed by atoms with Gasteiger partial charge in [0.25, 0.3) is 0 Å². The number of hydrogen-bond donors (Lipinski definition) is 1. The zero-order valence-electron chi connectivity index (χ0n) is 14.1. The second kappa shape index (κ2) is 6.14. The van der Waals surface area contributed by atoms with Crippen LogP contribution in [0.2, 0.25) is 0 Å². The van der Waals surface area contributed by atoms with Gasteiger partial charge in [0.05, 0.1) is 5.52 Å². The van der Waals surface area contributed by atoms with E-state index in [0.717, 1.165) is 35.5 Å². The molecule has 3 rings (SSSR count). The molecule has 0 aliphatic carbocycles. The van der Waals surface area contributed by atoms with Crippen molar-refractivity contribution < 1.29 is 4.79 Å². The predicted octanol–water partition coefficient (Wildman–Crippen LogP) is 3.60. The summed E-state index contributed by atoms with van der Waals surface area (Å²) < 4.78 is 0. The molecule has 0 atom stereocenters. The second-order valence-corrected chi connectivity index (χ2v) is 7.41. The van der Waals surface area contributed by atoms with E-state index in [0.29, 0.717) is 6.42 Å². The molecule has 5 nitrogen and oxygen atoms in total. The number of carbonyl (C=O) groups is 1. The summed E-state index contributed by atoms with van der Waals surface area (Å²) in [5.74, 6) is 1.01. The van der Waals surface area contributed by atoms with Gasteiger partial charge in [0.2, 0.25) is 5.91 Å². The number of hydrogen-bond acceptors (Lipinski definition) is 4. The first-order valence-electron chi connectivity index (χ1n) is 8.22. The van der Waals surface area contributed by atoms with Gasteiger partial charge in [-0.1, -0.05) is 20.8 Å². The van der Waals surface area contributed by atoms with Crippen LogP contribution in [-0.4, -0.2) is 29.0 Å². The van der Waals surface area contributed by atoms with Gasteiger partial charge < -0.3 is 10.2 Å². The van der Waals surface area contributed by atoms with E-state index in [9.17, 15) is 4.79 Å². The Morgan fingerprint density at radius 2 is 1.96 bits per heavy atom. The molecule has 1 saturated heterocycles. The molecule has 2 aromatic rings. The van der Waals surface area contributed by atoms with Crippen molar-refractivity contribution in [3.05, 3.63) is 24.5 Å². The third-order valence-electron chi connectivity index (χ3n) is 3.99. The van der Waals surface area contributed by atoms with Crippen LogP contribution in [0.3, 0.4) is 0 Å². The first-order chi connectivity index (χ1) is 10.9. The molecule has 1 aliphatic heterocycles. The molecule has 1 aromatic carbocycles. The molecular formula is C18H24N4O. The normalized spacial score (nSPS) is 15.2. The first-order valence-corrected chi connectivity index (χ1v) is 8.22. The van der Waals surface area contributed by atoms with Crippen molar-refractivity contribution >= 4 is 28.3 Å². The average molecular weight is 312 g/mol. The van der Waals surface area contributed by atoms with Crippen molar-refractivity contribution in [3.8, 4) is 0 Å². The number of nitrogens with zero attached hydrogens (tertiary/aromatic N) is 3. The van der Waals surface area contributed by atoms with Gasteiger partial charge >= 0.3 is 0 Å². The predicted molar refractivity (Wildman–Crippen MR) is 93.7 cm³/mol. The number of carbonyl (C=O) groups excluding carboxylic acids is 1. The Morgan fingerprint density at radius 3 is 2.65 bits per heavy atom. The number of nitrogens with one attached hydrogen (secondary N) is 1. The molecule has 122 valence electrons. The van der Waals surface area contributed by atoms with Crippen molar-refractivity contribution in [2.24, 2.45) is 5.41 Å². The molecule has 1 amide bonds. The van der Waals surface area contributed by atoms with Gasteiger partial charge in [-0.25, -0.2) is 9.97 Å². The van der Waals surface area contributed by atoms with Crippen LogP contribution >= 0.6 is 0 Å². The third-order valence-corrected chi connectivity index (χ3v) is 3.99. The fraction of sp³-hybridized carbons (Fsp3) is 0.500. The fourth-order valence-corrected chi connectivity index (χ4v) is 2.99. The van der Waals surface area contributed by atoms with Crippen LogP contribution in [0, 0.1) is 5.41 Å². The summed E-state index contributed by atoms with van der Waals surface area (Å²) in [5, 5.41) is 4.00.